The van der Waals surface area contributed by atoms with Gasteiger partial charge >= 0.3 is 0 Å². The van der Waals surface area contributed by atoms with Crippen LogP contribution in [0.3, 0.4) is 0 Å². The van der Waals surface area contributed by atoms with Crippen LogP contribution in [0, 0.1) is 5.41 Å². The van der Waals surface area contributed by atoms with Crippen LogP contribution in [0.25, 0.3) is 0 Å². The predicted molar refractivity (Wildman–Crippen MR) is 36.8 cm³/mol. The van der Waals surface area contributed by atoms with Crippen LogP contribution in [-0.4, -0.2) is 12.0 Å². The van der Waals surface area contributed by atoms with Gasteiger partial charge in [0.25, 0.3) is 0 Å². The van der Waals surface area contributed by atoms with Gasteiger partial charge < -0.3 is 5.32 Å². The highest BCUT2D eigenvalue weighted by Crippen LogP contribution is 2.21. The van der Waals surface area contributed by atoms with E-state index in [4.69, 9.17) is 5.41 Å². The van der Waals surface area contributed by atoms with Crippen molar-refractivity contribution in [2.45, 2.75) is 6.17 Å². The van der Waals surface area contributed by atoms with Gasteiger partial charge in [-0.25, -0.2) is 4.39 Å². The molecule has 2 heterocycles. The highest BCUT2D eigenvalue weighted by molar-refractivity contribution is 5.99. The van der Waals surface area contributed by atoms with E-state index in [-0.39, 0.29) is 12.0 Å². The van der Waals surface area contributed by atoms with Crippen molar-refractivity contribution in [3.8, 4) is 0 Å². The van der Waals surface area contributed by atoms with E-state index >= 15 is 0 Å². The molecule has 0 saturated heterocycles. The van der Waals surface area contributed by atoms with Gasteiger partial charge in [0.2, 0.25) is 0 Å². The third kappa shape index (κ3) is 0.849. The summed E-state index contributed by atoms with van der Waals surface area (Å²) in [4.78, 5) is 0. The lowest BCUT2D eigenvalue weighted by Crippen LogP contribution is -2.26. The highest BCUT2D eigenvalue weighted by Gasteiger charge is 2.25. The molecule has 11 heavy (non-hydrogen) atoms. The Kier molecular flexibility index (Phi) is 1.12. The number of dihydropyridines is 1. The normalized spacial score (nSPS) is 27.4. The third-order valence-corrected chi connectivity index (χ3v) is 1.51. The summed E-state index contributed by atoms with van der Waals surface area (Å²) >= 11 is 0. The molecule has 0 amide bonds. The molecule has 0 aromatic carbocycles. The Morgan fingerprint density at radius 2 is 2.45 bits per heavy atom. The van der Waals surface area contributed by atoms with Crippen LogP contribution in [0.4, 0.5) is 4.39 Å². The van der Waals surface area contributed by atoms with Crippen molar-refractivity contribution < 1.29 is 4.39 Å². The average molecular weight is 152 g/mol. The maximum atomic E-state index is 12.5. The summed E-state index contributed by atoms with van der Waals surface area (Å²) < 4.78 is 12.5. The SMILES string of the molecule is N=C1N=N[C@@H]2NC=C(F)C=C12. The first kappa shape index (κ1) is 6.21. The Balaban J connectivity index is 2.39. The molecule has 56 valence electrons. The molecule has 0 unspecified atom stereocenters. The van der Waals surface area contributed by atoms with E-state index in [1.54, 1.807) is 0 Å². The number of hydrogen-bond donors (Lipinski definition) is 2. The molecule has 0 radical (unpaired) electrons. The number of rotatable bonds is 0. The highest BCUT2D eigenvalue weighted by atomic mass is 19.1. The molecule has 0 aromatic heterocycles. The Morgan fingerprint density at radius 1 is 1.64 bits per heavy atom. The molecule has 2 aliphatic rings. The molecule has 2 rings (SSSR count). The average Bonchev–Trinajstić information content (AvgIpc) is 2.33. The quantitative estimate of drug-likeness (QED) is 0.536. The second kappa shape index (κ2) is 1.98. The second-order valence-corrected chi connectivity index (χ2v) is 2.26. The molecule has 0 bridgehead atoms. The summed E-state index contributed by atoms with van der Waals surface area (Å²) in [6, 6.07) is 0. The minimum atomic E-state index is -0.395. The summed E-state index contributed by atoms with van der Waals surface area (Å²) in [5.74, 6) is -0.362. The van der Waals surface area contributed by atoms with Crippen molar-refractivity contribution in [2.75, 3.05) is 0 Å². The van der Waals surface area contributed by atoms with Crippen LogP contribution in [0.15, 0.2) is 33.9 Å². The van der Waals surface area contributed by atoms with Gasteiger partial charge in [-0.3, -0.25) is 5.41 Å². The molecule has 1 atom stereocenters. The maximum absolute atomic E-state index is 12.5. The first-order chi connectivity index (χ1) is 5.27. The third-order valence-electron chi connectivity index (χ3n) is 1.51. The van der Waals surface area contributed by atoms with Crippen LogP contribution in [0.5, 0.6) is 0 Å². The topological polar surface area (TPSA) is 60.6 Å². The lowest BCUT2D eigenvalue weighted by molar-refractivity contribution is 0.611. The van der Waals surface area contributed by atoms with Crippen molar-refractivity contribution in [3.63, 3.8) is 0 Å². The Hall–Kier alpha value is -1.52. The van der Waals surface area contributed by atoms with Crippen LogP contribution in [-0.2, 0) is 0 Å². The Morgan fingerprint density at radius 3 is 3.27 bits per heavy atom. The zero-order chi connectivity index (χ0) is 7.84. The number of allylic oxidation sites excluding steroid dienone is 2. The summed E-state index contributed by atoms with van der Waals surface area (Å²) in [5, 5.41) is 17.0. The first-order valence-electron chi connectivity index (χ1n) is 3.10. The lowest BCUT2D eigenvalue weighted by atomic mass is 10.1. The van der Waals surface area contributed by atoms with Gasteiger partial charge in [-0.05, 0) is 6.08 Å². The number of nitrogens with one attached hydrogen (secondary N) is 2. The summed E-state index contributed by atoms with van der Waals surface area (Å²) in [7, 11) is 0. The second-order valence-electron chi connectivity index (χ2n) is 2.26. The molecule has 4 nitrogen and oxygen atoms in total. The predicted octanol–water partition coefficient (Wildman–Crippen LogP) is 1.10. The number of halogens is 1. The summed E-state index contributed by atoms with van der Waals surface area (Å²) in [6.45, 7) is 0. The smallest absolute Gasteiger partial charge is 0.174 e. The van der Waals surface area contributed by atoms with Gasteiger partial charge in [-0.1, -0.05) is 0 Å². The van der Waals surface area contributed by atoms with Crippen LogP contribution >= 0.6 is 0 Å². The van der Waals surface area contributed by atoms with E-state index in [1.807, 2.05) is 0 Å². The number of fused-ring (bicyclic) bond motifs is 1. The molecule has 0 fully saturated rings. The van der Waals surface area contributed by atoms with Gasteiger partial charge in [-0.15, -0.1) is 5.11 Å². The van der Waals surface area contributed by atoms with E-state index in [9.17, 15) is 4.39 Å². The molecular weight excluding hydrogens is 147 g/mol. The van der Waals surface area contributed by atoms with E-state index < -0.39 is 5.83 Å². The molecule has 5 heteroatoms. The minimum Gasteiger partial charge on any atom is -0.362 e. The largest absolute Gasteiger partial charge is 0.362 e. The molecular formula is C6H5FN4. The Bertz CT molecular complexity index is 302. The van der Waals surface area contributed by atoms with E-state index in [0.29, 0.717) is 5.57 Å². The zero-order valence-corrected chi connectivity index (χ0v) is 5.50. The van der Waals surface area contributed by atoms with Gasteiger partial charge in [-0.2, -0.15) is 5.11 Å². The lowest BCUT2D eigenvalue weighted by Gasteiger charge is -2.11. The van der Waals surface area contributed by atoms with Gasteiger partial charge in [0.15, 0.2) is 12.0 Å². The first-order valence-corrected chi connectivity index (χ1v) is 3.10. The summed E-state index contributed by atoms with van der Waals surface area (Å²) in [5.41, 5.74) is 0.491. The zero-order valence-electron chi connectivity index (χ0n) is 5.50. The monoisotopic (exact) mass is 152 g/mol. The van der Waals surface area contributed by atoms with Crippen molar-refractivity contribution in [1.82, 2.24) is 5.32 Å². The molecule has 0 saturated carbocycles. The summed E-state index contributed by atoms with van der Waals surface area (Å²) in [6.07, 6.45) is 2.14. The van der Waals surface area contributed by atoms with E-state index in [2.05, 4.69) is 15.5 Å². The van der Waals surface area contributed by atoms with Crippen LogP contribution < -0.4 is 5.32 Å². The number of azo groups is 1. The molecule has 0 aliphatic carbocycles. The van der Waals surface area contributed by atoms with Crippen LogP contribution in [0.2, 0.25) is 0 Å². The fraction of sp³-hybridized carbons (Fsp3) is 0.167. The van der Waals surface area contributed by atoms with Crippen molar-refractivity contribution >= 4 is 5.84 Å². The van der Waals surface area contributed by atoms with Gasteiger partial charge in [0.05, 0.1) is 0 Å². The number of hydrogen-bond acceptors (Lipinski definition) is 3. The van der Waals surface area contributed by atoms with Gasteiger partial charge in [0.1, 0.15) is 5.83 Å². The molecule has 0 aromatic rings. The minimum absolute atomic E-state index is 0.0331. The van der Waals surface area contributed by atoms with Crippen LogP contribution in [0.1, 0.15) is 0 Å². The molecule has 0 spiro atoms. The standard InChI is InChI=1S/C6H5FN4/c7-3-1-4-5(8)10-11-6(4)9-2-3/h1-2,6,8-9H/t6-/m0/s1. The fourth-order valence-corrected chi connectivity index (χ4v) is 0.984. The Labute approximate surface area is 62.0 Å². The van der Waals surface area contributed by atoms with E-state index in [1.165, 1.54) is 12.3 Å². The molecule has 2 aliphatic heterocycles. The maximum Gasteiger partial charge on any atom is 0.174 e. The number of amidine groups is 1. The van der Waals surface area contributed by atoms with Gasteiger partial charge in [0, 0.05) is 11.8 Å². The van der Waals surface area contributed by atoms with E-state index in [0.717, 1.165) is 0 Å². The van der Waals surface area contributed by atoms with Crippen molar-refractivity contribution in [1.29, 1.82) is 5.41 Å². The molecule has 2 N–H and O–H groups in total. The fourth-order valence-electron chi connectivity index (χ4n) is 0.984. The number of nitrogens with zero attached hydrogens (tertiary/aromatic N) is 2. The van der Waals surface area contributed by atoms with Crippen molar-refractivity contribution in [2.24, 2.45) is 10.2 Å². The van der Waals surface area contributed by atoms with Crippen molar-refractivity contribution in [3.05, 3.63) is 23.7 Å².